The molecule has 3 saturated carbocycles. The molecule has 1 saturated heterocycles. The summed E-state index contributed by atoms with van der Waals surface area (Å²) in [5.41, 5.74) is -8.41. The lowest BCUT2D eigenvalue weighted by atomic mass is 9.18. The van der Waals surface area contributed by atoms with E-state index in [0.29, 0.717) is 16.9 Å². The number of carboxylic acid groups (broad SMARTS) is 1. The van der Waals surface area contributed by atoms with Gasteiger partial charge in [0.15, 0.2) is 23.3 Å². The molecular formula is C56H63NO19S2. The molecule has 1 spiro atoms. The minimum Gasteiger partial charge on any atom is -0.481 e. The summed E-state index contributed by atoms with van der Waals surface area (Å²) in [4.78, 5) is 108. The van der Waals surface area contributed by atoms with E-state index in [0.717, 1.165) is 6.92 Å². The first-order valence-corrected chi connectivity index (χ1v) is 28.0. The third-order valence-corrected chi connectivity index (χ3v) is 18.8. The van der Waals surface area contributed by atoms with Crippen molar-refractivity contribution in [2.75, 3.05) is 31.3 Å². The third-order valence-electron chi connectivity index (χ3n) is 16.5. The lowest BCUT2D eigenvalue weighted by Gasteiger charge is -2.87. The highest BCUT2D eigenvalue weighted by Crippen LogP contribution is 2.88. The SMILES string of the molecule is CC(=O)OC1C(=O)[C@]2(C)[C@@H](O)C[C@H]3OC[C@@]3(OC(C)=O)C23C(CC(=O)c2ccccc2)[C@]2(O)C[C@H](OC(=O)[C@H](OC(=O)OCCSSCCOC(=O)CCC(=O)O)[C@@H](NC(O)c4ccccc4)c4ccccc4)C(C)=C1[C@]32C. The van der Waals surface area contributed by atoms with E-state index in [1.807, 2.05) is 0 Å². The second-order valence-electron chi connectivity index (χ2n) is 20.5. The van der Waals surface area contributed by atoms with Gasteiger partial charge in [-0.05, 0) is 36.1 Å². The van der Waals surface area contributed by atoms with Crippen molar-refractivity contribution in [2.24, 2.45) is 22.2 Å². The molecule has 0 radical (unpaired) electrons. The first kappa shape index (κ1) is 58.0. The Bertz CT molecular complexity index is 2820. The smallest absolute Gasteiger partial charge is 0.481 e. The van der Waals surface area contributed by atoms with Crippen molar-refractivity contribution in [1.29, 1.82) is 0 Å². The first-order chi connectivity index (χ1) is 37.1. The van der Waals surface area contributed by atoms with Gasteiger partial charge in [0.05, 0.1) is 42.6 Å². The van der Waals surface area contributed by atoms with Crippen LogP contribution in [0.5, 0.6) is 0 Å². The van der Waals surface area contributed by atoms with Crippen LogP contribution in [-0.4, -0.2) is 141 Å². The Balaban J connectivity index is 1.17. The number of carbonyl (C=O) groups is 8. The van der Waals surface area contributed by atoms with E-state index in [1.165, 1.54) is 42.4 Å². The number of aliphatic hydroxyl groups excluding tert-OH is 2. The minimum absolute atomic E-state index is 0.00208. The predicted octanol–water partition coefficient (Wildman–Crippen LogP) is 5.56. The van der Waals surface area contributed by atoms with Crippen LogP contribution in [-0.2, 0) is 61.9 Å². The van der Waals surface area contributed by atoms with Crippen LogP contribution < -0.4 is 5.32 Å². The van der Waals surface area contributed by atoms with Gasteiger partial charge in [0.1, 0.15) is 31.6 Å². The number of aliphatic carboxylic acids is 1. The molecule has 3 aromatic rings. The molecule has 5 aliphatic rings. The number of esters is 4. The molecule has 0 amide bonds. The molecule has 0 bridgehead atoms. The predicted molar refractivity (Wildman–Crippen MR) is 278 cm³/mol. The average Bonchev–Trinajstić information content (AvgIpc) is 3.31. The number of rotatable bonds is 23. The molecule has 4 fully saturated rings. The molecule has 13 atom stereocenters. The van der Waals surface area contributed by atoms with Crippen molar-refractivity contribution >= 4 is 69.2 Å². The number of hydrogen-bond donors (Lipinski definition) is 5. The summed E-state index contributed by atoms with van der Waals surface area (Å²) in [6, 6.07) is 23.5. The van der Waals surface area contributed by atoms with E-state index >= 15 is 9.59 Å². The monoisotopic (exact) mass is 1120 g/mol. The summed E-state index contributed by atoms with van der Waals surface area (Å²) < 4.78 is 41.1. The Morgan fingerprint density at radius 1 is 0.821 bits per heavy atom. The van der Waals surface area contributed by atoms with Crippen molar-refractivity contribution in [3.63, 3.8) is 0 Å². The van der Waals surface area contributed by atoms with E-state index in [2.05, 4.69) is 5.32 Å². The largest absolute Gasteiger partial charge is 0.509 e. The highest BCUT2D eigenvalue weighted by atomic mass is 33.1. The molecule has 4 unspecified atom stereocenters. The van der Waals surface area contributed by atoms with Crippen LogP contribution in [0, 0.1) is 22.2 Å². The van der Waals surface area contributed by atoms with Gasteiger partial charge in [-0.3, -0.25) is 34.1 Å². The lowest BCUT2D eigenvalue weighted by Crippen LogP contribution is -2.97. The van der Waals surface area contributed by atoms with Crippen LogP contribution in [0.4, 0.5) is 4.79 Å². The fraction of sp³-hybridized carbons (Fsp3) is 0.500. The van der Waals surface area contributed by atoms with Crippen LogP contribution in [0.3, 0.4) is 0 Å². The summed E-state index contributed by atoms with van der Waals surface area (Å²) in [5.74, 6) is -6.72. The van der Waals surface area contributed by atoms with Crippen molar-refractivity contribution in [3.8, 4) is 0 Å². The molecule has 0 aromatic heterocycles. The summed E-state index contributed by atoms with van der Waals surface area (Å²) in [6.07, 6.45) is -12.4. The van der Waals surface area contributed by atoms with Gasteiger partial charge >= 0.3 is 36.0 Å². The zero-order chi connectivity index (χ0) is 56.4. The fourth-order valence-electron chi connectivity index (χ4n) is 13.4. The minimum atomic E-state index is -2.19. The highest BCUT2D eigenvalue weighted by Gasteiger charge is 2.97. The standard InChI is InChI=1S/C56H63NO19S2/c1-31-38(74-50(67)47(45(35-17-11-7-12-18-35)57-49(66)36-19-13-8-14-20-36)75-51(68)71-24-26-78-77-25-23-70-43(64)22-21-42(62)63)29-54(69)39(27-37(60)34-15-9-6-10-16-34)56-52(4,40(61)28-41-55(56,30-72-41)76-33(3)59)48(65)46(73-32(2)58)44(31)53(54,56)5/h6-20,38-41,45-47,49,57,61,66,69H,21-30H2,1-5H3,(H,62,63)/t38-,39?,40-,41+,45-,46?,47+,49?,52-,53-,54+,55-,56?/m0/s1. The van der Waals surface area contributed by atoms with Crippen molar-refractivity contribution in [2.45, 2.75) is 121 Å². The van der Waals surface area contributed by atoms with Gasteiger partial charge in [-0.2, -0.15) is 0 Å². The summed E-state index contributed by atoms with van der Waals surface area (Å²) in [6.45, 7) is 6.44. The van der Waals surface area contributed by atoms with Crippen LogP contribution in [0.2, 0.25) is 0 Å². The number of nitrogens with one attached hydrogen (secondary N) is 1. The number of benzene rings is 3. The van der Waals surface area contributed by atoms with E-state index in [9.17, 15) is 44.1 Å². The van der Waals surface area contributed by atoms with Gasteiger partial charge in [-0.15, -0.1) is 0 Å². The first-order valence-electron chi connectivity index (χ1n) is 25.5. The molecule has 3 aromatic carbocycles. The second kappa shape index (κ2) is 23.3. The average molecular weight is 1120 g/mol. The number of Topliss-reactive ketones (excluding diaryl/α,β-unsaturated/α-hetero) is 2. The fourth-order valence-corrected chi connectivity index (χ4v) is 15.1. The van der Waals surface area contributed by atoms with Crippen LogP contribution in [0.1, 0.15) is 100 Å². The molecule has 4 aliphatic carbocycles. The molecular weight excluding hydrogens is 1050 g/mol. The third kappa shape index (κ3) is 10.0. The van der Waals surface area contributed by atoms with E-state index in [-0.39, 0.29) is 61.5 Å². The zero-order valence-corrected chi connectivity index (χ0v) is 45.2. The summed E-state index contributed by atoms with van der Waals surface area (Å²) in [5, 5.41) is 49.7. The number of fused-ring (bicyclic) bond motifs is 1. The maximum atomic E-state index is 15.7. The van der Waals surface area contributed by atoms with Crippen molar-refractivity contribution in [3.05, 3.63) is 119 Å². The molecule has 1 aliphatic heterocycles. The number of aliphatic hydroxyl groups is 3. The molecule has 8 rings (SSSR count). The normalized spacial score (nSPS) is 30.5. The van der Waals surface area contributed by atoms with E-state index in [1.54, 1.807) is 97.9 Å². The zero-order valence-electron chi connectivity index (χ0n) is 43.6. The summed E-state index contributed by atoms with van der Waals surface area (Å²) in [7, 11) is 2.56. The Hall–Kier alpha value is -6.14. The lowest BCUT2D eigenvalue weighted by molar-refractivity contribution is -0.465. The number of carbonyl (C=O) groups excluding carboxylic acids is 7. The summed E-state index contributed by atoms with van der Waals surface area (Å²) >= 11 is 0. The van der Waals surface area contributed by atoms with Gasteiger partial charge < -0.3 is 53.6 Å². The Labute approximate surface area is 457 Å². The van der Waals surface area contributed by atoms with E-state index < -0.39 is 137 Å². The maximum Gasteiger partial charge on any atom is 0.509 e. The second-order valence-corrected chi connectivity index (χ2v) is 23.2. The Morgan fingerprint density at radius 2 is 1.42 bits per heavy atom. The van der Waals surface area contributed by atoms with Gasteiger partial charge in [-0.25, -0.2) is 9.59 Å². The van der Waals surface area contributed by atoms with E-state index in [4.69, 9.17) is 38.3 Å². The van der Waals surface area contributed by atoms with Crippen LogP contribution >= 0.6 is 21.6 Å². The number of carboxylic acids is 1. The maximum absolute atomic E-state index is 15.7. The Morgan fingerprint density at radius 3 is 2.00 bits per heavy atom. The molecule has 20 nitrogen and oxygen atoms in total. The van der Waals surface area contributed by atoms with Crippen molar-refractivity contribution < 1.29 is 91.9 Å². The molecule has 5 N–H and O–H groups in total. The highest BCUT2D eigenvalue weighted by molar-refractivity contribution is 8.76. The number of ether oxygens (including phenoxy) is 7. The van der Waals surface area contributed by atoms with Gasteiger partial charge in [0.2, 0.25) is 6.10 Å². The molecule has 22 heteroatoms. The van der Waals surface area contributed by atoms with Gasteiger partial charge in [0.25, 0.3) is 0 Å². The molecule has 418 valence electrons. The van der Waals surface area contributed by atoms with Crippen molar-refractivity contribution in [1.82, 2.24) is 5.32 Å². The van der Waals surface area contributed by atoms with Crippen LogP contribution in [0.15, 0.2) is 102 Å². The number of hydrogen-bond acceptors (Lipinski definition) is 21. The number of ketones is 2. The van der Waals surface area contributed by atoms with Crippen LogP contribution in [0.25, 0.3) is 0 Å². The van der Waals surface area contributed by atoms with Gasteiger partial charge in [-0.1, -0.05) is 120 Å². The Kier molecular flexibility index (Phi) is 17.3. The molecule has 78 heavy (non-hydrogen) atoms. The van der Waals surface area contributed by atoms with Gasteiger partial charge in [0, 0.05) is 66.9 Å². The quantitative estimate of drug-likeness (QED) is 0.0148. The topological polar surface area (TPSA) is 294 Å². The molecule has 1 heterocycles.